The Morgan fingerprint density at radius 3 is 2.70 bits per heavy atom. The van der Waals surface area contributed by atoms with Crippen molar-refractivity contribution in [3.8, 4) is 0 Å². The third kappa shape index (κ3) is 3.42. The molecule has 1 heterocycles. The molecule has 1 aromatic heterocycles. The molecule has 1 amide bonds. The maximum atomic E-state index is 13.0. The van der Waals surface area contributed by atoms with Crippen LogP contribution < -0.4 is 5.32 Å². The van der Waals surface area contributed by atoms with Gasteiger partial charge in [0.1, 0.15) is 10.6 Å². The number of benzene rings is 1. The summed E-state index contributed by atoms with van der Waals surface area (Å²) in [6.45, 7) is 1.62. The molecule has 2 aromatic rings. The Balaban J connectivity index is 1.86. The number of aryl methyl sites for hydroxylation is 1. The van der Waals surface area contributed by atoms with E-state index in [2.05, 4.69) is 10.3 Å². The van der Waals surface area contributed by atoms with Crippen LogP contribution in [0.1, 0.15) is 64.0 Å². The lowest BCUT2D eigenvalue weighted by atomic mass is 9.96. The molecule has 122 valence electrons. The van der Waals surface area contributed by atoms with Gasteiger partial charge < -0.3 is 5.32 Å². The van der Waals surface area contributed by atoms with Gasteiger partial charge in [-0.05, 0) is 37.3 Å². The van der Waals surface area contributed by atoms with Gasteiger partial charge in [-0.15, -0.1) is 11.3 Å². The standard InChI is InChI=1S/C17H18F2N2OS/c1-10-20-14(16(18)19)15(23-10)17(22)21-13-9-5-4-8-12(13)11-6-2-3-7-11/h4-5,8-9,11,16H,2-3,6-7H2,1H3,(H,21,22). The van der Waals surface area contributed by atoms with Crippen LogP contribution in [0.5, 0.6) is 0 Å². The van der Waals surface area contributed by atoms with Gasteiger partial charge in [-0.25, -0.2) is 13.8 Å². The van der Waals surface area contributed by atoms with E-state index in [0.717, 1.165) is 35.4 Å². The lowest BCUT2D eigenvalue weighted by molar-refractivity contribution is 0.101. The highest BCUT2D eigenvalue weighted by Gasteiger charge is 2.25. The van der Waals surface area contributed by atoms with Crippen molar-refractivity contribution in [1.82, 2.24) is 4.98 Å². The predicted octanol–water partition coefficient (Wildman–Crippen LogP) is 5.30. The van der Waals surface area contributed by atoms with Crippen molar-refractivity contribution in [1.29, 1.82) is 0 Å². The van der Waals surface area contributed by atoms with Gasteiger partial charge in [0.25, 0.3) is 12.3 Å². The van der Waals surface area contributed by atoms with Gasteiger partial charge in [0.2, 0.25) is 0 Å². The highest BCUT2D eigenvalue weighted by molar-refractivity contribution is 7.13. The normalized spacial score (nSPS) is 15.3. The number of anilines is 1. The maximum Gasteiger partial charge on any atom is 0.282 e. The first kappa shape index (κ1) is 16.1. The molecule has 1 aliphatic carbocycles. The van der Waals surface area contributed by atoms with Gasteiger partial charge in [-0.2, -0.15) is 0 Å². The van der Waals surface area contributed by atoms with E-state index in [4.69, 9.17) is 0 Å². The van der Waals surface area contributed by atoms with Gasteiger partial charge >= 0.3 is 0 Å². The van der Waals surface area contributed by atoms with Crippen LogP contribution in [0.3, 0.4) is 0 Å². The highest BCUT2D eigenvalue weighted by atomic mass is 32.1. The SMILES string of the molecule is Cc1nc(C(F)F)c(C(=O)Nc2ccccc2C2CCCC2)s1. The van der Waals surface area contributed by atoms with Gasteiger partial charge in [0.15, 0.2) is 0 Å². The summed E-state index contributed by atoms with van der Waals surface area (Å²) in [4.78, 5) is 16.2. The largest absolute Gasteiger partial charge is 0.321 e. The second kappa shape index (κ2) is 6.74. The van der Waals surface area contributed by atoms with E-state index in [0.29, 0.717) is 10.9 Å². The molecule has 3 nitrogen and oxygen atoms in total. The number of para-hydroxylation sites is 1. The molecule has 1 fully saturated rings. The minimum atomic E-state index is -2.74. The predicted molar refractivity (Wildman–Crippen MR) is 87.4 cm³/mol. The lowest BCUT2D eigenvalue weighted by Gasteiger charge is -2.15. The average molecular weight is 336 g/mol. The van der Waals surface area contributed by atoms with Crippen molar-refractivity contribution in [2.75, 3.05) is 5.32 Å². The Kier molecular flexibility index (Phi) is 4.71. The van der Waals surface area contributed by atoms with Crippen molar-refractivity contribution in [3.05, 3.63) is 45.4 Å². The second-order valence-electron chi connectivity index (χ2n) is 5.77. The Morgan fingerprint density at radius 1 is 1.30 bits per heavy atom. The van der Waals surface area contributed by atoms with Crippen LogP contribution in [0.2, 0.25) is 0 Å². The summed E-state index contributed by atoms with van der Waals surface area (Å²) in [6, 6.07) is 7.64. The first-order valence-corrected chi connectivity index (χ1v) is 8.53. The topological polar surface area (TPSA) is 42.0 Å². The fraction of sp³-hybridized carbons (Fsp3) is 0.412. The van der Waals surface area contributed by atoms with Crippen molar-refractivity contribution < 1.29 is 13.6 Å². The van der Waals surface area contributed by atoms with Crippen LogP contribution in [0.25, 0.3) is 0 Å². The molecule has 3 rings (SSSR count). The third-order valence-corrected chi connectivity index (χ3v) is 5.16. The first-order valence-electron chi connectivity index (χ1n) is 7.72. The fourth-order valence-electron chi connectivity index (χ4n) is 3.14. The number of alkyl halides is 2. The molecule has 0 radical (unpaired) electrons. The lowest BCUT2D eigenvalue weighted by Crippen LogP contribution is -2.14. The van der Waals surface area contributed by atoms with E-state index < -0.39 is 18.0 Å². The Labute approximate surface area is 137 Å². The monoisotopic (exact) mass is 336 g/mol. The molecule has 1 N–H and O–H groups in total. The van der Waals surface area contributed by atoms with E-state index in [1.54, 1.807) is 6.92 Å². The van der Waals surface area contributed by atoms with Crippen molar-refractivity contribution in [2.45, 2.75) is 45.0 Å². The van der Waals surface area contributed by atoms with E-state index in [-0.39, 0.29) is 4.88 Å². The minimum Gasteiger partial charge on any atom is -0.321 e. The van der Waals surface area contributed by atoms with Crippen molar-refractivity contribution >= 4 is 22.9 Å². The number of thiazole rings is 1. The Bertz CT molecular complexity index is 708. The van der Waals surface area contributed by atoms with Gasteiger partial charge in [0.05, 0.1) is 5.01 Å². The van der Waals surface area contributed by atoms with E-state index in [1.807, 2.05) is 24.3 Å². The molecule has 1 aromatic carbocycles. The summed E-state index contributed by atoms with van der Waals surface area (Å²) in [5.74, 6) is -0.0689. The number of nitrogens with one attached hydrogen (secondary N) is 1. The number of rotatable bonds is 4. The smallest absolute Gasteiger partial charge is 0.282 e. The molecular weight excluding hydrogens is 318 g/mol. The van der Waals surface area contributed by atoms with E-state index in [9.17, 15) is 13.6 Å². The van der Waals surface area contributed by atoms with Crippen LogP contribution in [0.15, 0.2) is 24.3 Å². The van der Waals surface area contributed by atoms with Crippen molar-refractivity contribution in [3.63, 3.8) is 0 Å². The van der Waals surface area contributed by atoms with Crippen LogP contribution in [-0.4, -0.2) is 10.9 Å². The zero-order valence-corrected chi connectivity index (χ0v) is 13.6. The molecule has 23 heavy (non-hydrogen) atoms. The van der Waals surface area contributed by atoms with Gasteiger partial charge in [-0.1, -0.05) is 31.0 Å². The highest BCUT2D eigenvalue weighted by Crippen LogP contribution is 2.38. The van der Waals surface area contributed by atoms with Crippen LogP contribution in [0, 0.1) is 6.92 Å². The summed E-state index contributed by atoms with van der Waals surface area (Å²) < 4.78 is 26.1. The average Bonchev–Trinajstić information content (AvgIpc) is 3.17. The molecular formula is C17H18F2N2OS. The zero-order valence-electron chi connectivity index (χ0n) is 12.8. The summed E-state index contributed by atoms with van der Waals surface area (Å²) in [5.41, 5.74) is 1.39. The van der Waals surface area contributed by atoms with E-state index >= 15 is 0 Å². The Hall–Kier alpha value is -1.82. The molecule has 0 bridgehead atoms. The number of hydrogen-bond acceptors (Lipinski definition) is 3. The molecule has 6 heteroatoms. The summed E-state index contributed by atoms with van der Waals surface area (Å²) in [7, 11) is 0. The van der Waals surface area contributed by atoms with Crippen LogP contribution >= 0.6 is 11.3 Å². The van der Waals surface area contributed by atoms with Gasteiger partial charge in [0, 0.05) is 5.69 Å². The first-order chi connectivity index (χ1) is 11.1. The molecule has 1 saturated carbocycles. The summed E-state index contributed by atoms with van der Waals surface area (Å²) in [5, 5.41) is 3.28. The van der Waals surface area contributed by atoms with Crippen LogP contribution in [0.4, 0.5) is 14.5 Å². The second-order valence-corrected chi connectivity index (χ2v) is 6.97. The number of halogens is 2. The fourth-order valence-corrected chi connectivity index (χ4v) is 3.96. The molecule has 0 saturated heterocycles. The molecule has 0 atom stereocenters. The molecule has 0 spiro atoms. The number of carbonyl (C=O) groups excluding carboxylic acids is 1. The summed E-state index contributed by atoms with van der Waals surface area (Å²) >= 11 is 1.00. The number of carbonyl (C=O) groups is 1. The van der Waals surface area contributed by atoms with Gasteiger partial charge in [-0.3, -0.25) is 4.79 Å². The Morgan fingerprint density at radius 2 is 2.00 bits per heavy atom. The number of amides is 1. The molecule has 1 aliphatic rings. The third-order valence-electron chi connectivity index (χ3n) is 4.18. The molecule has 0 unspecified atom stereocenters. The van der Waals surface area contributed by atoms with Crippen molar-refractivity contribution in [2.24, 2.45) is 0 Å². The summed E-state index contributed by atoms with van der Waals surface area (Å²) in [6.07, 6.45) is 1.85. The quantitative estimate of drug-likeness (QED) is 0.823. The number of nitrogens with zero attached hydrogens (tertiary/aromatic N) is 1. The maximum absolute atomic E-state index is 13.0. The van der Waals surface area contributed by atoms with E-state index in [1.165, 1.54) is 12.8 Å². The molecule has 0 aliphatic heterocycles. The number of hydrogen-bond donors (Lipinski definition) is 1. The number of aromatic nitrogens is 1. The zero-order chi connectivity index (χ0) is 16.4. The van der Waals surface area contributed by atoms with Crippen LogP contribution in [-0.2, 0) is 0 Å². The minimum absolute atomic E-state index is 0.00118.